The molecule has 0 spiro atoms. The second-order valence-corrected chi connectivity index (χ2v) is 5.34. The predicted octanol–water partition coefficient (Wildman–Crippen LogP) is 1.12. The number of likely N-dealkylation sites (tertiary alicyclic amines) is 1. The van der Waals surface area contributed by atoms with Gasteiger partial charge in [0, 0.05) is 24.8 Å². The summed E-state index contributed by atoms with van der Waals surface area (Å²) in [6.45, 7) is 3.95. The number of hydrogen-bond donors (Lipinski definition) is 2. The fourth-order valence-electron chi connectivity index (χ4n) is 2.18. The molecule has 0 aromatic carbocycles. The van der Waals surface area contributed by atoms with E-state index in [9.17, 15) is 9.59 Å². The standard InChI is InChI=1S/C13H18N4O4/c1-8-6-9(21-3)15-11(14-8)16-12(20)17-5-4-13(2,7-17)10(18)19/h6H,4-5,7H2,1-3H3,(H,18,19)(H,14,15,16,20). The van der Waals surface area contributed by atoms with Gasteiger partial charge in [-0.3, -0.25) is 10.1 Å². The highest BCUT2D eigenvalue weighted by molar-refractivity contribution is 5.88. The minimum absolute atomic E-state index is 0.140. The maximum Gasteiger partial charge on any atom is 0.324 e. The minimum Gasteiger partial charge on any atom is -0.481 e. The van der Waals surface area contributed by atoms with Crippen LogP contribution < -0.4 is 10.1 Å². The molecule has 114 valence electrons. The first-order valence-electron chi connectivity index (χ1n) is 6.53. The molecule has 1 unspecified atom stereocenters. The largest absolute Gasteiger partial charge is 0.481 e. The molecule has 1 saturated heterocycles. The summed E-state index contributed by atoms with van der Waals surface area (Å²) >= 11 is 0. The van der Waals surface area contributed by atoms with E-state index in [0.717, 1.165) is 0 Å². The first-order chi connectivity index (χ1) is 9.84. The lowest BCUT2D eigenvalue weighted by atomic mass is 9.90. The number of urea groups is 1. The predicted molar refractivity (Wildman–Crippen MR) is 74.3 cm³/mol. The maximum absolute atomic E-state index is 12.1. The zero-order valence-corrected chi connectivity index (χ0v) is 12.2. The number of nitrogens with one attached hydrogen (secondary N) is 1. The monoisotopic (exact) mass is 294 g/mol. The number of anilines is 1. The van der Waals surface area contributed by atoms with Crippen molar-refractivity contribution >= 4 is 17.9 Å². The Morgan fingerprint density at radius 1 is 1.48 bits per heavy atom. The Labute approximate surface area is 122 Å². The number of aryl methyl sites for hydroxylation is 1. The van der Waals surface area contributed by atoms with Gasteiger partial charge in [-0.2, -0.15) is 4.98 Å². The Bertz CT molecular complexity index is 577. The Kier molecular flexibility index (Phi) is 3.97. The number of nitrogens with zero attached hydrogens (tertiary/aromatic N) is 3. The van der Waals surface area contributed by atoms with Gasteiger partial charge in [-0.25, -0.2) is 9.78 Å². The maximum atomic E-state index is 12.1. The highest BCUT2D eigenvalue weighted by Gasteiger charge is 2.42. The average molecular weight is 294 g/mol. The number of rotatable bonds is 3. The minimum atomic E-state index is -0.900. The molecule has 0 aliphatic carbocycles. The molecule has 0 radical (unpaired) electrons. The van der Waals surface area contributed by atoms with Crippen LogP contribution in [0.25, 0.3) is 0 Å². The number of hydrogen-bond acceptors (Lipinski definition) is 5. The molecule has 8 nitrogen and oxygen atoms in total. The zero-order valence-electron chi connectivity index (χ0n) is 12.2. The summed E-state index contributed by atoms with van der Waals surface area (Å²) in [7, 11) is 1.48. The van der Waals surface area contributed by atoms with Crippen LogP contribution in [0.1, 0.15) is 19.0 Å². The van der Waals surface area contributed by atoms with Gasteiger partial charge in [0.05, 0.1) is 12.5 Å². The third-order valence-electron chi connectivity index (χ3n) is 3.54. The summed E-state index contributed by atoms with van der Waals surface area (Å²) < 4.78 is 5.01. The molecule has 2 N–H and O–H groups in total. The molecule has 1 aromatic rings. The van der Waals surface area contributed by atoms with Crippen molar-refractivity contribution in [1.82, 2.24) is 14.9 Å². The Balaban J connectivity index is 2.06. The van der Waals surface area contributed by atoms with Crippen LogP contribution in [0.2, 0.25) is 0 Å². The molecule has 1 aromatic heterocycles. The van der Waals surface area contributed by atoms with Crippen molar-refractivity contribution in [2.45, 2.75) is 20.3 Å². The first kappa shape index (κ1) is 15.0. The van der Waals surface area contributed by atoms with Crippen LogP contribution in [0.4, 0.5) is 10.7 Å². The SMILES string of the molecule is COc1cc(C)nc(NC(=O)N2CCC(C)(C(=O)O)C2)n1. The second kappa shape index (κ2) is 5.55. The van der Waals surface area contributed by atoms with Gasteiger partial charge in [-0.05, 0) is 20.3 Å². The molecule has 1 aliphatic heterocycles. The van der Waals surface area contributed by atoms with Gasteiger partial charge >= 0.3 is 12.0 Å². The van der Waals surface area contributed by atoms with Crippen molar-refractivity contribution in [1.29, 1.82) is 0 Å². The van der Waals surface area contributed by atoms with Gasteiger partial charge in [-0.1, -0.05) is 0 Å². The number of aliphatic carboxylic acids is 1. The molecule has 2 rings (SSSR count). The molecule has 0 saturated carbocycles. The number of methoxy groups -OCH3 is 1. The summed E-state index contributed by atoms with van der Waals surface area (Å²) in [5.41, 5.74) is -0.239. The number of carboxylic acid groups (broad SMARTS) is 1. The summed E-state index contributed by atoms with van der Waals surface area (Å²) in [6.07, 6.45) is 0.424. The number of carbonyl (C=O) groups excluding carboxylic acids is 1. The Hall–Kier alpha value is -2.38. The lowest BCUT2D eigenvalue weighted by Crippen LogP contribution is -2.37. The van der Waals surface area contributed by atoms with E-state index in [-0.39, 0.29) is 12.5 Å². The van der Waals surface area contributed by atoms with Crippen molar-refractivity contribution < 1.29 is 19.4 Å². The van der Waals surface area contributed by atoms with E-state index in [1.165, 1.54) is 12.0 Å². The molecule has 21 heavy (non-hydrogen) atoms. The first-order valence-corrected chi connectivity index (χ1v) is 6.53. The van der Waals surface area contributed by atoms with E-state index in [1.54, 1.807) is 19.9 Å². The van der Waals surface area contributed by atoms with E-state index < -0.39 is 17.4 Å². The molecule has 8 heteroatoms. The van der Waals surface area contributed by atoms with Crippen LogP contribution in [-0.2, 0) is 4.79 Å². The number of carboxylic acids is 1. The van der Waals surface area contributed by atoms with Gasteiger partial charge in [0.2, 0.25) is 11.8 Å². The molecular formula is C13H18N4O4. The van der Waals surface area contributed by atoms with E-state index in [4.69, 9.17) is 9.84 Å². The lowest BCUT2D eigenvalue weighted by Gasteiger charge is -2.20. The van der Waals surface area contributed by atoms with Crippen LogP contribution in [0.3, 0.4) is 0 Å². The highest BCUT2D eigenvalue weighted by atomic mass is 16.5. The van der Waals surface area contributed by atoms with Crippen molar-refractivity contribution in [3.05, 3.63) is 11.8 Å². The molecule has 1 aliphatic rings. The van der Waals surface area contributed by atoms with E-state index in [0.29, 0.717) is 24.5 Å². The van der Waals surface area contributed by atoms with Gasteiger partial charge < -0.3 is 14.7 Å². The second-order valence-electron chi connectivity index (χ2n) is 5.34. The van der Waals surface area contributed by atoms with Crippen molar-refractivity contribution in [2.24, 2.45) is 5.41 Å². The van der Waals surface area contributed by atoms with Crippen molar-refractivity contribution in [2.75, 3.05) is 25.5 Å². The number of amides is 2. The van der Waals surface area contributed by atoms with Crippen LogP contribution in [0, 0.1) is 12.3 Å². The number of carbonyl (C=O) groups is 2. The van der Waals surface area contributed by atoms with E-state index in [1.807, 2.05) is 0 Å². The molecule has 2 heterocycles. The smallest absolute Gasteiger partial charge is 0.324 e. The molecular weight excluding hydrogens is 276 g/mol. The quantitative estimate of drug-likeness (QED) is 0.865. The molecule has 2 amide bonds. The summed E-state index contributed by atoms with van der Waals surface area (Å²) in [4.78, 5) is 32.9. The number of ether oxygens (including phenoxy) is 1. The number of aromatic nitrogens is 2. The normalized spacial score (nSPS) is 21.2. The molecule has 1 fully saturated rings. The zero-order chi connectivity index (χ0) is 15.6. The lowest BCUT2D eigenvalue weighted by molar-refractivity contribution is -0.146. The molecule has 1 atom stereocenters. The summed E-state index contributed by atoms with van der Waals surface area (Å²) in [5, 5.41) is 11.7. The van der Waals surface area contributed by atoms with Gasteiger partial charge in [0.15, 0.2) is 0 Å². The summed E-state index contributed by atoms with van der Waals surface area (Å²) in [5.74, 6) is -0.401. The van der Waals surface area contributed by atoms with Crippen LogP contribution in [0.15, 0.2) is 6.07 Å². The van der Waals surface area contributed by atoms with E-state index >= 15 is 0 Å². The summed E-state index contributed by atoms with van der Waals surface area (Å²) in [6, 6.07) is 1.24. The average Bonchev–Trinajstić information content (AvgIpc) is 2.82. The van der Waals surface area contributed by atoms with Crippen LogP contribution >= 0.6 is 0 Å². The third-order valence-corrected chi connectivity index (χ3v) is 3.54. The van der Waals surface area contributed by atoms with Gasteiger partial charge in [-0.15, -0.1) is 0 Å². The fourth-order valence-corrected chi connectivity index (χ4v) is 2.18. The van der Waals surface area contributed by atoms with Crippen LogP contribution in [0.5, 0.6) is 5.88 Å². The highest BCUT2D eigenvalue weighted by Crippen LogP contribution is 2.30. The van der Waals surface area contributed by atoms with Crippen molar-refractivity contribution in [3.63, 3.8) is 0 Å². The fraction of sp³-hybridized carbons (Fsp3) is 0.538. The Morgan fingerprint density at radius 3 is 2.76 bits per heavy atom. The van der Waals surface area contributed by atoms with E-state index in [2.05, 4.69) is 15.3 Å². The molecule has 0 bridgehead atoms. The Morgan fingerprint density at radius 2 is 2.19 bits per heavy atom. The topological polar surface area (TPSA) is 105 Å². The van der Waals surface area contributed by atoms with Crippen LogP contribution in [-0.4, -0.2) is 52.2 Å². The van der Waals surface area contributed by atoms with Gasteiger partial charge in [0.25, 0.3) is 0 Å². The third kappa shape index (κ3) is 3.21. The van der Waals surface area contributed by atoms with Gasteiger partial charge in [0.1, 0.15) is 0 Å². The van der Waals surface area contributed by atoms with Crippen molar-refractivity contribution in [3.8, 4) is 5.88 Å².